The molecule has 0 saturated heterocycles. The Balaban J connectivity index is 2.35. The lowest BCUT2D eigenvalue weighted by Gasteiger charge is -2.24. The Bertz CT molecular complexity index is 522. The summed E-state index contributed by atoms with van der Waals surface area (Å²) in [6, 6.07) is 10.7. The van der Waals surface area contributed by atoms with Crippen LogP contribution in [0.4, 0.5) is 0 Å². The first-order valence-electron chi connectivity index (χ1n) is 6.77. The van der Waals surface area contributed by atoms with Crippen LogP contribution in [0.3, 0.4) is 0 Å². The zero-order chi connectivity index (χ0) is 13.7. The van der Waals surface area contributed by atoms with Gasteiger partial charge in [0.1, 0.15) is 0 Å². The number of aromatic nitrogens is 1. The van der Waals surface area contributed by atoms with E-state index in [-0.39, 0.29) is 6.04 Å². The molecule has 19 heavy (non-hydrogen) atoms. The third kappa shape index (κ3) is 3.11. The molecule has 0 aliphatic rings. The van der Waals surface area contributed by atoms with Crippen LogP contribution in [0.5, 0.6) is 0 Å². The minimum absolute atomic E-state index is 0.251. The average molecular weight is 258 g/mol. The third-order valence-electron chi connectivity index (χ3n) is 3.66. The zero-order valence-corrected chi connectivity index (χ0v) is 11.9. The number of hydrogen-bond acceptors (Lipinski definition) is 3. The summed E-state index contributed by atoms with van der Waals surface area (Å²) in [5.41, 5.74) is 1.13. The number of nitrogens with one attached hydrogen (secondary N) is 1. The van der Waals surface area contributed by atoms with Crippen molar-refractivity contribution in [3.63, 3.8) is 0 Å². The largest absolute Gasteiger partial charge is 0.385 e. The van der Waals surface area contributed by atoms with E-state index in [2.05, 4.69) is 47.6 Å². The Morgan fingerprint density at radius 3 is 2.79 bits per heavy atom. The SMILES string of the molecule is CNC(c1nccc2ccccc12)C(C)CCOC. The summed E-state index contributed by atoms with van der Waals surface area (Å²) in [5.74, 6) is 0.475. The fraction of sp³-hybridized carbons (Fsp3) is 0.438. The van der Waals surface area contributed by atoms with Gasteiger partial charge in [0.2, 0.25) is 0 Å². The molecule has 0 bridgehead atoms. The molecule has 1 heterocycles. The summed E-state index contributed by atoms with van der Waals surface area (Å²) in [6.45, 7) is 3.02. The van der Waals surface area contributed by atoms with Crippen molar-refractivity contribution in [3.05, 3.63) is 42.2 Å². The summed E-state index contributed by atoms with van der Waals surface area (Å²) in [4.78, 5) is 4.60. The van der Waals surface area contributed by atoms with E-state index in [1.165, 1.54) is 10.8 Å². The van der Waals surface area contributed by atoms with Crippen molar-refractivity contribution in [2.45, 2.75) is 19.4 Å². The van der Waals surface area contributed by atoms with E-state index in [9.17, 15) is 0 Å². The van der Waals surface area contributed by atoms with Gasteiger partial charge >= 0.3 is 0 Å². The van der Waals surface area contributed by atoms with Crippen molar-refractivity contribution in [2.75, 3.05) is 20.8 Å². The van der Waals surface area contributed by atoms with E-state index in [0.717, 1.165) is 18.7 Å². The molecule has 3 nitrogen and oxygen atoms in total. The molecule has 102 valence electrons. The molecular weight excluding hydrogens is 236 g/mol. The van der Waals surface area contributed by atoms with Gasteiger partial charge in [-0.2, -0.15) is 0 Å². The molecule has 0 saturated carbocycles. The number of methoxy groups -OCH3 is 1. The van der Waals surface area contributed by atoms with Crippen molar-refractivity contribution in [2.24, 2.45) is 5.92 Å². The Kier molecular flexibility index (Phi) is 4.88. The van der Waals surface area contributed by atoms with Crippen LogP contribution in [0.25, 0.3) is 10.8 Å². The second-order valence-corrected chi connectivity index (χ2v) is 4.94. The third-order valence-corrected chi connectivity index (χ3v) is 3.66. The molecule has 2 atom stereocenters. The molecule has 2 aromatic rings. The Morgan fingerprint density at radius 1 is 1.26 bits per heavy atom. The highest BCUT2D eigenvalue weighted by atomic mass is 16.5. The van der Waals surface area contributed by atoms with Gasteiger partial charge in [0.15, 0.2) is 0 Å². The molecule has 2 unspecified atom stereocenters. The summed E-state index contributed by atoms with van der Waals surface area (Å²) in [5, 5.41) is 5.87. The van der Waals surface area contributed by atoms with Crippen molar-refractivity contribution >= 4 is 10.8 Å². The summed E-state index contributed by atoms with van der Waals surface area (Å²) < 4.78 is 5.18. The Labute approximate surface area is 115 Å². The molecule has 0 amide bonds. The first-order valence-corrected chi connectivity index (χ1v) is 6.77. The van der Waals surface area contributed by atoms with Crippen LogP contribution in [0.15, 0.2) is 36.5 Å². The summed E-state index contributed by atoms with van der Waals surface area (Å²) in [6.07, 6.45) is 2.91. The molecule has 3 heteroatoms. The minimum Gasteiger partial charge on any atom is -0.385 e. The molecule has 1 aromatic carbocycles. The first kappa shape index (κ1) is 14.0. The van der Waals surface area contributed by atoms with Crippen molar-refractivity contribution < 1.29 is 4.74 Å². The highest BCUT2D eigenvalue weighted by molar-refractivity contribution is 5.84. The average Bonchev–Trinajstić information content (AvgIpc) is 2.46. The van der Waals surface area contributed by atoms with Gasteiger partial charge in [-0.1, -0.05) is 31.2 Å². The highest BCUT2D eigenvalue weighted by Crippen LogP contribution is 2.28. The van der Waals surface area contributed by atoms with Gasteiger partial charge < -0.3 is 10.1 Å². The lowest BCUT2D eigenvalue weighted by Crippen LogP contribution is -2.25. The number of pyridine rings is 1. The normalized spacial score (nSPS) is 14.5. The van der Waals surface area contributed by atoms with E-state index < -0.39 is 0 Å². The lowest BCUT2D eigenvalue weighted by atomic mass is 9.93. The van der Waals surface area contributed by atoms with Gasteiger partial charge in [0.25, 0.3) is 0 Å². The van der Waals surface area contributed by atoms with Crippen LogP contribution >= 0.6 is 0 Å². The molecule has 1 N–H and O–H groups in total. The van der Waals surface area contributed by atoms with Crippen molar-refractivity contribution in [3.8, 4) is 0 Å². The van der Waals surface area contributed by atoms with E-state index in [1.807, 2.05) is 13.2 Å². The number of nitrogens with zero attached hydrogens (tertiary/aromatic N) is 1. The standard InChI is InChI=1S/C16H22N2O/c1-12(9-11-19-3)15(17-2)16-14-7-5-4-6-13(14)8-10-18-16/h4-8,10,12,15,17H,9,11H2,1-3H3. The maximum absolute atomic E-state index is 5.18. The maximum atomic E-state index is 5.18. The first-order chi connectivity index (χ1) is 9.27. The van der Waals surface area contributed by atoms with Gasteiger partial charge in [-0.25, -0.2) is 0 Å². The number of benzene rings is 1. The molecule has 0 aliphatic carbocycles. The molecule has 0 fully saturated rings. The van der Waals surface area contributed by atoms with Gasteiger partial charge in [-0.3, -0.25) is 4.98 Å². The fourth-order valence-electron chi connectivity index (χ4n) is 2.55. The van der Waals surface area contributed by atoms with E-state index in [4.69, 9.17) is 4.74 Å². The zero-order valence-electron chi connectivity index (χ0n) is 11.9. The quantitative estimate of drug-likeness (QED) is 0.864. The topological polar surface area (TPSA) is 34.2 Å². The predicted octanol–water partition coefficient (Wildman–Crippen LogP) is 3.17. The van der Waals surface area contributed by atoms with Crippen LogP contribution in [-0.2, 0) is 4.74 Å². The fourth-order valence-corrected chi connectivity index (χ4v) is 2.55. The van der Waals surface area contributed by atoms with Gasteiger partial charge in [0.05, 0.1) is 11.7 Å². The molecule has 2 rings (SSSR count). The molecular formula is C16H22N2O. The number of ether oxygens (including phenoxy) is 1. The number of hydrogen-bond donors (Lipinski definition) is 1. The van der Waals surface area contributed by atoms with Crippen molar-refractivity contribution in [1.29, 1.82) is 0 Å². The molecule has 0 spiro atoms. The number of rotatable bonds is 6. The van der Waals surface area contributed by atoms with Gasteiger partial charge in [-0.15, -0.1) is 0 Å². The maximum Gasteiger partial charge on any atom is 0.0653 e. The Hall–Kier alpha value is -1.45. The van der Waals surface area contributed by atoms with E-state index in [0.29, 0.717) is 5.92 Å². The van der Waals surface area contributed by atoms with Crippen molar-refractivity contribution in [1.82, 2.24) is 10.3 Å². The van der Waals surface area contributed by atoms with E-state index in [1.54, 1.807) is 7.11 Å². The Morgan fingerprint density at radius 2 is 2.05 bits per heavy atom. The second kappa shape index (κ2) is 6.64. The molecule has 0 aliphatic heterocycles. The van der Waals surface area contributed by atoms with Crippen LogP contribution in [-0.4, -0.2) is 25.7 Å². The monoisotopic (exact) mass is 258 g/mol. The highest BCUT2D eigenvalue weighted by Gasteiger charge is 2.20. The van der Waals surface area contributed by atoms with Crippen LogP contribution in [0.1, 0.15) is 25.1 Å². The van der Waals surface area contributed by atoms with E-state index >= 15 is 0 Å². The molecule has 0 radical (unpaired) electrons. The van der Waals surface area contributed by atoms with Crippen LogP contribution < -0.4 is 5.32 Å². The summed E-state index contributed by atoms with van der Waals surface area (Å²) in [7, 11) is 3.74. The van der Waals surface area contributed by atoms with Gasteiger partial charge in [-0.05, 0) is 30.8 Å². The molecule has 1 aromatic heterocycles. The van der Waals surface area contributed by atoms with Crippen LogP contribution in [0, 0.1) is 5.92 Å². The number of fused-ring (bicyclic) bond motifs is 1. The second-order valence-electron chi connectivity index (χ2n) is 4.94. The summed E-state index contributed by atoms with van der Waals surface area (Å²) >= 11 is 0. The lowest BCUT2D eigenvalue weighted by molar-refractivity contribution is 0.171. The smallest absolute Gasteiger partial charge is 0.0653 e. The predicted molar refractivity (Wildman–Crippen MR) is 79.2 cm³/mol. The minimum atomic E-state index is 0.251. The van der Waals surface area contributed by atoms with Crippen LogP contribution in [0.2, 0.25) is 0 Å². The van der Waals surface area contributed by atoms with Gasteiger partial charge in [0, 0.05) is 25.3 Å².